The number of esters is 1. The molecule has 2 rings (SSSR count). The molecule has 0 unspecified atom stereocenters. The number of hydrogen-bond acceptors (Lipinski definition) is 7. The molecule has 1 amide bonds. The Morgan fingerprint density at radius 1 is 1.18 bits per heavy atom. The quantitative estimate of drug-likeness (QED) is 0.640. The van der Waals surface area contributed by atoms with Gasteiger partial charge < -0.3 is 18.9 Å². The number of ether oxygens (including phenoxy) is 2. The Morgan fingerprint density at radius 2 is 1.86 bits per heavy atom. The maximum atomic E-state index is 12.5. The van der Waals surface area contributed by atoms with E-state index < -0.39 is 5.60 Å². The highest BCUT2D eigenvalue weighted by Crippen LogP contribution is 2.15. The zero-order valence-electron chi connectivity index (χ0n) is 17.0. The topological polar surface area (TPSA) is 94.8 Å². The molecule has 0 aliphatic carbocycles. The minimum absolute atomic E-state index is 0.121. The number of carbonyl (C=O) groups is 2. The van der Waals surface area contributed by atoms with Gasteiger partial charge in [-0.15, -0.1) is 0 Å². The fourth-order valence-corrected chi connectivity index (χ4v) is 2.42. The summed E-state index contributed by atoms with van der Waals surface area (Å²) in [4.78, 5) is 29.9. The van der Waals surface area contributed by atoms with Gasteiger partial charge in [-0.05, 0) is 51.5 Å². The van der Waals surface area contributed by atoms with Crippen molar-refractivity contribution < 1.29 is 23.6 Å². The Labute approximate surface area is 164 Å². The number of nitrogens with zero attached hydrogens (tertiary/aromatic N) is 3. The van der Waals surface area contributed by atoms with E-state index in [0.717, 1.165) is 0 Å². The summed E-state index contributed by atoms with van der Waals surface area (Å²) in [5.41, 5.74) is 0.0492. The summed E-state index contributed by atoms with van der Waals surface area (Å²) < 4.78 is 15.7. The SMILES string of the molecule is Cc1nc(COc2ccc(C(=O)N(C)CCCC(=O)OC(C)(C)C)cc2)no1. The number of aromatic nitrogens is 2. The highest BCUT2D eigenvalue weighted by atomic mass is 16.6. The molecule has 152 valence electrons. The lowest BCUT2D eigenvalue weighted by Crippen LogP contribution is -2.29. The maximum Gasteiger partial charge on any atom is 0.306 e. The van der Waals surface area contributed by atoms with Crippen molar-refractivity contribution in [1.82, 2.24) is 15.0 Å². The molecule has 0 N–H and O–H groups in total. The molecular weight excluding hydrogens is 362 g/mol. The first-order chi connectivity index (χ1) is 13.1. The van der Waals surface area contributed by atoms with Crippen molar-refractivity contribution in [2.75, 3.05) is 13.6 Å². The minimum atomic E-state index is -0.495. The van der Waals surface area contributed by atoms with Crippen LogP contribution in [0.15, 0.2) is 28.8 Å². The van der Waals surface area contributed by atoms with Crippen LogP contribution in [-0.2, 0) is 16.1 Å². The lowest BCUT2D eigenvalue weighted by atomic mass is 10.2. The van der Waals surface area contributed by atoms with E-state index in [9.17, 15) is 9.59 Å². The number of rotatable bonds is 8. The number of aryl methyl sites for hydroxylation is 1. The average Bonchev–Trinajstić information content (AvgIpc) is 3.03. The Kier molecular flexibility index (Phi) is 7.14. The van der Waals surface area contributed by atoms with E-state index >= 15 is 0 Å². The lowest BCUT2D eigenvalue weighted by molar-refractivity contribution is -0.154. The van der Waals surface area contributed by atoms with Crippen molar-refractivity contribution in [2.24, 2.45) is 0 Å². The first kappa shape index (κ1) is 21.4. The fraction of sp³-hybridized carbons (Fsp3) is 0.500. The van der Waals surface area contributed by atoms with E-state index in [1.165, 1.54) is 0 Å². The number of hydrogen-bond donors (Lipinski definition) is 0. The Morgan fingerprint density at radius 3 is 2.43 bits per heavy atom. The van der Waals surface area contributed by atoms with Crippen LogP contribution in [0.3, 0.4) is 0 Å². The number of carbonyl (C=O) groups excluding carboxylic acids is 2. The molecule has 0 radical (unpaired) electrons. The van der Waals surface area contributed by atoms with Crippen LogP contribution >= 0.6 is 0 Å². The van der Waals surface area contributed by atoms with Crippen LogP contribution < -0.4 is 4.74 Å². The fourth-order valence-electron chi connectivity index (χ4n) is 2.42. The van der Waals surface area contributed by atoms with Gasteiger partial charge >= 0.3 is 5.97 Å². The van der Waals surface area contributed by atoms with Crippen LogP contribution in [0.25, 0.3) is 0 Å². The van der Waals surface area contributed by atoms with Crippen molar-refractivity contribution in [3.63, 3.8) is 0 Å². The van der Waals surface area contributed by atoms with Crippen LogP contribution in [-0.4, -0.2) is 46.1 Å². The van der Waals surface area contributed by atoms with Gasteiger partial charge in [-0.3, -0.25) is 9.59 Å². The maximum absolute atomic E-state index is 12.5. The first-order valence-electron chi connectivity index (χ1n) is 9.13. The minimum Gasteiger partial charge on any atom is -0.485 e. The van der Waals surface area contributed by atoms with Gasteiger partial charge in [0.1, 0.15) is 11.4 Å². The summed E-state index contributed by atoms with van der Waals surface area (Å²) in [6.45, 7) is 7.86. The molecule has 0 saturated carbocycles. The third-order valence-corrected chi connectivity index (χ3v) is 3.68. The summed E-state index contributed by atoms with van der Waals surface area (Å²) in [5, 5.41) is 3.76. The van der Waals surface area contributed by atoms with E-state index in [2.05, 4.69) is 10.1 Å². The Hall–Kier alpha value is -2.90. The zero-order chi connectivity index (χ0) is 20.7. The summed E-state index contributed by atoms with van der Waals surface area (Å²) in [6, 6.07) is 6.83. The summed E-state index contributed by atoms with van der Waals surface area (Å²) in [6.07, 6.45) is 0.819. The molecule has 0 aliphatic heterocycles. The molecule has 1 aromatic heterocycles. The molecule has 2 aromatic rings. The second-order valence-electron chi connectivity index (χ2n) is 7.46. The second-order valence-corrected chi connectivity index (χ2v) is 7.46. The molecule has 28 heavy (non-hydrogen) atoms. The number of amides is 1. The van der Waals surface area contributed by atoms with E-state index in [-0.39, 0.29) is 24.9 Å². The van der Waals surface area contributed by atoms with Crippen molar-refractivity contribution in [3.8, 4) is 5.75 Å². The monoisotopic (exact) mass is 389 g/mol. The molecule has 0 aliphatic rings. The summed E-state index contributed by atoms with van der Waals surface area (Å²) in [5.74, 6) is 1.17. The molecule has 1 heterocycles. The van der Waals surface area contributed by atoms with Gasteiger partial charge in [0.25, 0.3) is 5.91 Å². The third kappa shape index (κ3) is 7.02. The van der Waals surface area contributed by atoms with Gasteiger partial charge in [0, 0.05) is 32.5 Å². The Bertz CT molecular complexity index is 793. The average molecular weight is 389 g/mol. The van der Waals surface area contributed by atoms with Crippen molar-refractivity contribution >= 4 is 11.9 Å². The summed E-state index contributed by atoms with van der Waals surface area (Å²) in [7, 11) is 1.71. The standard InChI is InChI=1S/C20H27N3O5/c1-14-21-17(22-28-14)13-26-16-10-8-15(9-11-16)19(25)23(5)12-6-7-18(24)27-20(2,3)4/h8-11H,6-7,12-13H2,1-5H3. The van der Waals surface area contributed by atoms with E-state index in [0.29, 0.717) is 36.0 Å². The predicted octanol–water partition coefficient (Wildman–Crippen LogP) is 3.15. The Balaban J connectivity index is 1.78. The van der Waals surface area contributed by atoms with Gasteiger partial charge in [0.05, 0.1) is 0 Å². The molecule has 8 nitrogen and oxygen atoms in total. The molecule has 0 fully saturated rings. The van der Waals surface area contributed by atoms with Gasteiger partial charge in [-0.25, -0.2) is 0 Å². The second kappa shape index (κ2) is 9.34. The van der Waals surface area contributed by atoms with Crippen LogP contribution in [0.1, 0.15) is 55.7 Å². The van der Waals surface area contributed by atoms with Crippen LogP contribution in [0, 0.1) is 6.92 Å². The summed E-state index contributed by atoms with van der Waals surface area (Å²) >= 11 is 0. The molecule has 8 heteroatoms. The highest BCUT2D eigenvalue weighted by molar-refractivity contribution is 5.94. The predicted molar refractivity (Wildman–Crippen MR) is 102 cm³/mol. The van der Waals surface area contributed by atoms with E-state index in [4.69, 9.17) is 14.0 Å². The van der Waals surface area contributed by atoms with E-state index in [1.54, 1.807) is 43.1 Å². The van der Waals surface area contributed by atoms with Gasteiger partial charge in [0.2, 0.25) is 11.7 Å². The van der Waals surface area contributed by atoms with Gasteiger partial charge in [0.15, 0.2) is 6.61 Å². The molecule has 0 saturated heterocycles. The largest absolute Gasteiger partial charge is 0.485 e. The molecular formula is C20H27N3O5. The van der Waals surface area contributed by atoms with Gasteiger partial charge in [-0.1, -0.05) is 5.16 Å². The lowest BCUT2D eigenvalue weighted by Gasteiger charge is -2.20. The van der Waals surface area contributed by atoms with Crippen molar-refractivity contribution in [1.29, 1.82) is 0 Å². The number of benzene rings is 1. The van der Waals surface area contributed by atoms with Crippen molar-refractivity contribution in [3.05, 3.63) is 41.5 Å². The van der Waals surface area contributed by atoms with Gasteiger partial charge in [-0.2, -0.15) is 4.98 Å². The third-order valence-electron chi connectivity index (χ3n) is 3.68. The molecule has 1 aromatic carbocycles. The molecule has 0 bridgehead atoms. The highest BCUT2D eigenvalue weighted by Gasteiger charge is 2.17. The van der Waals surface area contributed by atoms with E-state index in [1.807, 2.05) is 20.8 Å². The zero-order valence-corrected chi connectivity index (χ0v) is 17.0. The van der Waals surface area contributed by atoms with Crippen molar-refractivity contribution in [2.45, 2.75) is 52.7 Å². The first-order valence-corrected chi connectivity index (χ1v) is 9.13. The normalized spacial score (nSPS) is 11.2. The smallest absolute Gasteiger partial charge is 0.306 e. The molecule has 0 spiro atoms. The van der Waals surface area contributed by atoms with Crippen LogP contribution in [0.5, 0.6) is 5.75 Å². The van der Waals surface area contributed by atoms with Crippen LogP contribution in [0.4, 0.5) is 0 Å². The van der Waals surface area contributed by atoms with Crippen LogP contribution in [0.2, 0.25) is 0 Å². The molecule has 0 atom stereocenters.